The van der Waals surface area contributed by atoms with E-state index in [-0.39, 0.29) is 18.8 Å². The van der Waals surface area contributed by atoms with Crippen molar-refractivity contribution in [3.8, 4) is 0 Å². The largest absolute Gasteiger partial charge is 0.351 e. The van der Waals surface area contributed by atoms with Gasteiger partial charge in [-0.15, -0.1) is 4.91 Å². The second kappa shape index (κ2) is 8.25. The average Bonchev–Trinajstić information content (AvgIpc) is 3.14. The first-order chi connectivity index (χ1) is 8.69. The molecule has 3 N–H and O–H groups in total. The van der Waals surface area contributed by atoms with E-state index in [1.165, 1.54) is 0 Å². The Morgan fingerprint density at radius 2 is 2.11 bits per heavy atom. The predicted molar refractivity (Wildman–Crippen MR) is 64.7 cm³/mol. The number of hydrogen-bond acceptors (Lipinski definition) is 6. The Morgan fingerprint density at radius 3 is 2.78 bits per heavy atom. The van der Waals surface area contributed by atoms with Gasteiger partial charge in [-0.3, -0.25) is 4.79 Å². The van der Waals surface area contributed by atoms with E-state index in [9.17, 15) is 14.9 Å². The minimum atomic E-state index is -0.682. The molecule has 7 nitrogen and oxygen atoms in total. The average molecular weight is 259 g/mol. The van der Waals surface area contributed by atoms with Crippen LogP contribution in [0.2, 0.25) is 0 Å². The van der Waals surface area contributed by atoms with Gasteiger partial charge >= 0.3 is 0 Å². The molecule has 1 rings (SSSR count). The quantitative estimate of drug-likeness (QED) is 0.262. The highest BCUT2D eigenvalue weighted by Crippen LogP contribution is 2.29. The van der Waals surface area contributed by atoms with Gasteiger partial charge in [-0.2, -0.15) is 5.06 Å². The van der Waals surface area contributed by atoms with Crippen molar-refractivity contribution in [1.82, 2.24) is 5.06 Å². The first-order valence-corrected chi connectivity index (χ1v) is 6.36. The number of carbonyl (C=O) groups excluding carboxylic acids is 1. The first-order valence-electron chi connectivity index (χ1n) is 6.36. The summed E-state index contributed by atoms with van der Waals surface area (Å²) in [5.41, 5.74) is 5.39. The molecule has 1 heterocycles. The Morgan fingerprint density at radius 1 is 1.33 bits per heavy atom. The Hall–Kier alpha value is -0.890. The molecule has 2 unspecified atom stereocenters. The van der Waals surface area contributed by atoms with Crippen LogP contribution >= 0.6 is 0 Å². The molecule has 0 saturated carbocycles. The molecule has 18 heavy (non-hydrogen) atoms. The summed E-state index contributed by atoms with van der Waals surface area (Å²) >= 11 is 0. The number of hydroxylamine groups is 2. The van der Waals surface area contributed by atoms with Crippen LogP contribution in [0, 0.1) is 4.91 Å². The van der Waals surface area contributed by atoms with Gasteiger partial charge in [0, 0.05) is 18.1 Å². The lowest BCUT2D eigenvalue weighted by molar-refractivity contribution is -0.128. The van der Waals surface area contributed by atoms with Crippen LogP contribution in [0.25, 0.3) is 0 Å². The van der Waals surface area contributed by atoms with Crippen molar-refractivity contribution in [2.45, 2.75) is 50.9 Å². The van der Waals surface area contributed by atoms with Gasteiger partial charge in [-0.05, 0) is 25.8 Å². The number of ether oxygens (including phenoxy) is 1. The van der Waals surface area contributed by atoms with E-state index in [0.717, 1.165) is 30.7 Å². The molecule has 1 fully saturated rings. The number of nitrogens with zero attached hydrogens (tertiary/aromatic N) is 2. The van der Waals surface area contributed by atoms with Crippen LogP contribution in [-0.2, 0) is 9.53 Å². The van der Waals surface area contributed by atoms with Gasteiger partial charge in [0.15, 0.2) is 6.23 Å². The maximum Gasteiger partial charge on any atom is 0.286 e. The van der Waals surface area contributed by atoms with Gasteiger partial charge in [0.2, 0.25) is 0 Å². The number of unbranched alkanes of at least 4 members (excludes halogenated alkanes) is 2. The van der Waals surface area contributed by atoms with Gasteiger partial charge in [0.05, 0.1) is 0 Å². The maximum atomic E-state index is 10.6. The smallest absolute Gasteiger partial charge is 0.286 e. The second-order valence-corrected chi connectivity index (χ2v) is 4.45. The number of nitrogens with two attached hydrogens (primary N) is 1. The monoisotopic (exact) mass is 259 g/mol. The number of nitroso groups, excluding NO2 is 1. The zero-order valence-corrected chi connectivity index (χ0v) is 10.5. The lowest BCUT2D eigenvalue weighted by Crippen LogP contribution is -2.26. The van der Waals surface area contributed by atoms with E-state index in [2.05, 4.69) is 5.18 Å². The third kappa shape index (κ3) is 5.63. The zero-order valence-electron chi connectivity index (χ0n) is 10.5. The standard InChI is InChI=1S/C11H21N3O4/c12-7-3-1-2-5-9-11(18-9)14(17)8-4-6-10(15)13-16/h9,11,17H,1-8,12H2. The van der Waals surface area contributed by atoms with E-state index in [4.69, 9.17) is 10.5 Å². The molecule has 0 aromatic heterocycles. The molecule has 104 valence electrons. The highest BCUT2D eigenvalue weighted by atomic mass is 16.7. The molecule has 2 atom stereocenters. The van der Waals surface area contributed by atoms with Crippen LogP contribution < -0.4 is 5.73 Å². The molecule has 0 radical (unpaired) electrons. The third-order valence-electron chi connectivity index (χ3n) is 2.92. The van der Waals surface area contributed by atoms with Crippen molar-refractivity contribution in [3.63, 3.8) is 0 Å². The summed E-state index contributed by atoms with van der Waals surface area (Å²) in [6.45, 7) is 1.02. The molecule has 0 aromatic carbocycles. The molecule has 0 aromatic rings. The molecule has 0 bridgehead atoms. The zero-order chi connectivity index (χ0) is 13.4. The lowest BCUT2D eigenvalue weighted by atomic mass is 10.1. The van der Waals surface area contributed by atoms with Crippen LogP contribution in [0.15, 0.2) is 5.18 Å². The second-order valence-electron chi connectivity index (χ2n) is 4.45. The molecule has 1 aliphatic heterocycles. The highest BCUT2D eigenvalue weighted by molar-refractivity contribution is 5.76. The van der Waals surface area contributed by atoms with E-state index in [1.807, 2.05) is 0 Å². The minimum absolute atomic E-state index is 0.0639. The fourth-order valence-electron chi connectivity index (χ4n) is 1.84. The molecule has 7 heteroatoms. The predicted octanol–water partition coefficient (Wildman–Crippen LogP) is 0.995. The number of epoxide rings is 1. The molecular formula is C11H21N3O4. The number of rotatable bonds is 10. The van der Waals surface area contributed by atoms with Crippen molar-refractivity contribution in [2.24, 2.45) is 10.9 Å². The molecule has 1 amide bonds. The number of amides is 1. The normalized spacial score (nSPS) is 22.2. The summed E-state index contributed by atoms with van der Waals surface area (Å²) in [5.74, 6) is -0.682. The van der Waals surface area contributed by atoms with Crippen molar-refractivity contribution in [1.29, 1.82) is 0 Å². The number of hydrogen-bond donors (Lipinski definition) is 2. The highest BCUT2D eigenvalue weighted by Gasteiger charge is 2.42. The number of carbonyl (C=O) groups is 1. The third-order valence-corrected chi connectivity index (χ3v) is 2.92. The van der Waals surface area contributed by atoms with Gasteiger partial charge in [-0.25, -0.2) is 0 Å². The molecule has 0 spiro atoms. The SMILES string of the molecule is NCCCCCC1OC1N(O)CCCC(=O)N=O. The summed E-state index contributed by atoms with van der Waals surface area (Å²) in [6, 6.07) is 0. The molecule has 1 aliphatic rings. The van der Waals surface area contributed by atoms with Crippen LogP contribution in [0.1, 0.15) is 38.5 Å². The Bertz CT molecular complexity index is 275. The topological polar surface area (TPSA) is 109 Å². The van der Waals surface area contributed by atoms with Crippen LogP contribution in [0.3, 0.4) is 0 Å². The van der Waals surface area contributed by atoms with Crippen molar-refractivity contribution < 1.29 is 14.7 Å². The van der Waals surface area contributed by atoms with Crippen LogP contribution in [0.5, 0.6) is 0 Å². The van der Waals surface area contributed by atoms with E-state index >= 15 is 0 Å². The summed E-state index contributed by atoms with van der Waals surface area (Å²) in [7, 11) is 0. The van der Waals surface area contributed by atoms with Gasteiger partial charge in [0.25, 0.3) is 5.91 Å². The van der Waals surface area contributed by atoms with Crippen LogP contribution in [-0.4, -0.2) is 41.6 Å². The Kier molecular flexibility index (Phi) is 6.96. The molecular weight excluding hydrogens is 238 g/mol. The fourth-order valence-corrected chi connectivity index (χ4v) is 1.84. The van der Waals surface area contributed by atoms with Crippen LogP contribution in [0.4, 0.5) is 0 Å². The van der Waals surface area contributed by atoms with Gasteiger partial charge in [-0.1, -0.05) is 12.8 Å². The lowest BCUT2D eigenvalue weighted by Gasteiger charge is -2.10. The van der Waals surface area contributed by atoms with E-state index < -0.39 is 5.91 Å². The summed E-state index contributed by atoms with van der Waals surface area (Å²) in [4.78, 5) is 20.5. The molecule has 0 aliphatic carbocycles. The molecule has 1 saturated heterocycles. The Balaban J connectivity index is 2.01. The van der Waals surface area contributed by atoms with Gasteiger partial charge < -0.3 is 15.7 Å². The first kappa shape index (κ1) is 15.2. The van der Waals surface area contributed by atoms with Crippen molar-refractivity contribution in [2.75, 3.05) is 13.1 Å². The maximum absolute atomic E-state index is 10.6. The van der Waals surface area contributed by atoms with Gasteiger partial charge in [0.1, 0.15) is 6.10 Å². The minimum Gasteiger partial charge on any atom is -0.351 e. The Labute approximate surface area is 106 Å². The summed E-state index contributed by atoms with van der Waals surface area (Å²) in [5, 5.41) is 13.0. The van der Waals surface area contributed by atoms with Crippen molar-refractivity contribution in [3.05, 3.63) is 4.91 Å². The summed E-state index contributed by atoms with van der Waals surface area (Å²) in [6.07, 6.45) is 4.33. The van der Waals surface area contributed by atoms with E-state index in [1.54, 1.807) is 0 Å². The van der Waals surface area contributed by atoms with Crippen molar-refractivity contribution >= 4 is 5.91 Å². The fraction of sp³-hybridized carbons (Fsp3) is 0.909. The summed E-state index contributed by atoms with van der Waals surface area (Å²) < 4.78 is 5.32. The van der Waals surface area contributed by atoms with E-state index in [0.29, 0.717) is 19.5 Å².